The molecule has 4 heteroatoms. The summed E-state index contributed by atoms with van der Waals surface area (Å²) in [6, 6.07) is 0.738. The largest absolute Gasteiger partial charge is 0.311 e. The lowest BCUT2D eigenvalue weighted by atomic mass is 9.75. The van der Waals surface area contributed by atoms with Gasteiger partial charge >= 0.3 is 0 Å². The topological polar surface area (TPSA) is 28.2 Å². The molecule has 0 bridgehead atoms. The van der Waals surface area contributed by atoms with Gasteiger partial charge in [-0.1, -0.05) is 20.8 Å². The van der Waals surface area contributed by atoms with Crippen LogP contribution in [0.25, 0.3) is 0 Å². The molecule has 1 fully saturated rings. The third-order valence-electron chi connectivity index (χ3n) is 4.47. The van der Waals surface area contributed by atoms with Crippen LogP contribution in [-0.2, 0) is 13.1 Å². The van der Waals surface area contributed by atoms with E-state index in [0.717, 1.165) is 25.7 Å². The number of nitrogens with one attached hydrogen (secondary N) is 1. The third kappa shape index (κ3) is 4.54. The van der Waals surface area contributed by atoms with Gasteiger partial charge in [0.2, 0.25) is 0 Å². The second kappa shape index (κ2) is 7.01. The fraction of sp³-hybridized carbons (Fsp3) is 0.812. The highest BCUT2D eigenvalue weighted by Gasteiger charge is 2.28. The predicted octanol–water partition coefficient (Wildman–Crippen LogP) is 3.65. The maximum Gasteiger partial charge on any atom is 0.107 e. The SMILES string of the molecule is CCNCc1nc(CN(C)C2CCC(C)(C)CC2)cs1. The molecule has 1 N–H and O–H groups in total. The second-order valence-electron chi connectivity index (χ2n) is 6.82. The number of hydrogen-bond acceptors (Lipinski definition) is 4. The second-order valence-corrected chi connectivity index (χ2v) is 7.77. The number of hydrogen-bond donors (Lipinski definition) is 1. The average Bonchev–Trinajstić information content (AvgIpc) is 2.83. The van der Waals surface area contributed by atoms with E-state index in [0.29, 0.717) is 5.41 Å². The van der Waals surface area contributed by atoms with Gasteiger partial charge in [-0.15, -0.1) is 11.3 Å². The summed E-state index contributed by atoms with van der Waals surface area (Å²) < 4.78 is 0. The summed E-state index contributed by atoms with van der Waals surface area (Å²) in [5, 5.41) is 6.76. The molecule has 1 saturated carbocycles. The van der Waals surface area contributed by atoms with Gasteiger partial charge in [0, 0.05) is 24.5 Å². The van der Waals surface area contributed by atoms with E-state index in [9.17, 15) is 0 Å². The van der Waals surface area contributed by atoms with Gasteiger partial charge in [0.25, 0.3) is 0 Å². The van der Waals surface area contributed by atoms with Crippen LogP contribution in [0.2, 0.25) is 0 Å². The summed E-state index contributed by atoms with van der Waals surface area (Å²) in [5.41, 5.74) is 1.78. The minimum absolute atomic E-state index is 0.553. The van der Waals surface area contributed by atoms with Crippen LogP contribution in [-0.4, -0.2) is 29.5 Å². The highest BCUT2D eigenvalue weighted by molar-refractivity contribution is 7.09. The first kappa shape index (κ1) is 15.9. The van der Waals surface area contributed by atoms with Crippen LogP contribution < -0.4 is 5.32 Å². The molecule has 0 aliphatic heterocycles. The van der Waals surface area contributed by atoms with Crippen molar-refractivity contribution in [1.82, 2.24) is 15.2 Å². The minimum atomic E-state index is 0.553. The van der Waals surface area contributed by atoms with Crippen molar-refractivity contribution in [2.75, 3.05) is 13.6 Å². The van der Waals surface area contributed by atoms with E-state index in [1.807, 2.05) is 0 Å². The smallest absolute Gasteiger partial charge is 0.107 e. The fourth-order valence-electron chi connectivity index (χ4n) is 2.94. The molecule has 1 aromatic rings. The van der Waals surface area contributed by atoms with Crippen LogP contribution in [0.5, 0.6) is 0 Å². The maximum atomic E-state index is 4.73. The van der Waals surface area contributed by atoms with Gasteiger partial charge in [-0.3, -0.25) is 4.90 Å². The lowest BCUT2D eigenvalue weighted by Gasteiger charge is -2.38. The Morgan fingerprint density at radius 3 is 2.75 bits per heavy atom. The zero-order chi connectivity index (χ0) is 14.6. The number of thiazole rings is 1. The molecule has 2 rings (SSSR count). The Morgan fingerprint density at radius 1 is 1.40 bits per heavy atom. The standard InChI is InChI=1S/C16H29N3S/c1-5-17-10-15-18-13(12-20-15)11-19(4)14-6-8-16(2,3)9-7-14/h12,14,17H,5-11H2,1-4H3. The summed E-state index contributed by atoms with van der Waals surface area (Å²) in [4.78, 5) is 7.23. The Hall–Kier alpha value is -0.450. The van der Waals surface area contributed by atoms with Gasteiger partial charge in [0.1, 0.15) is 5.01 Å². The van der Waals surface area contributed by atoms with Crippen LogP contribution in [0.3, 0.4) is 0 Å². The molecule has 0 atom stereocenters. The summed E-state index contributed by atoms with van der Waals surface area (Å²) in [6.45, 7) is 9.84. The molecule has 1 aromatic heterocycles. The molecule has 0 aromatic carbocycles. The zero-order valence-electron chi connectivity index (χ0n) is 13.4. The van der Waals surface area contributed by atoms with Crippen molar-refractivity contribution in [2.24, 2.45) is 5.41 Å². The quantitative estimate of drug-likeness (QED) is 0.868. The van der Waals surface area contributed by atoms with Crippen molar-refractivity contribution in [2.45, 2.75) is 65.6 Å². The summed E-state index contributed by atoms with van der Waals surface area (Å²) >= 11 is 1.78. The van der Waals surface area contributed by atoms with E-state index in [-0.39, 0.29) is 0 Å². The number of rotatable bonds is 6. The Bertz CT molecular complexity index is 404. The van der Waals surface area contributed by atoms with Crippen LogP contribution >= 0.6 is 11.3 Å². The first-order valence-corrected chi connectivity index (χ1v) is 8.72. The zero-order valence-corrected chi connectivity index (χ0v) is 14.2. The summed E-state index contributed by atoms with van der Waals surface area (Å²) in [7, 11) is 2.26. The normalized spacial score (nSPS) is 19.6. The maximum absolute atomic E-state index is 4.73. The lowest BCUT2D eigenvalue weighted by molar-refractivity contribution is 0.122. The summed E-state index contributed by atoms with van der Waals surface area (Å²) in [6.07, 6.45) is 5.37. The molecule has 0 spiro atoms. The molecular weight excluding hydrogens is 266 g/mol. The van der Waals surface area contributed by atoms with Crippen LogP contribution in [0, 0.1) is 5.41 Å². The van der Waals surface area contributed by atoms with Crippen molar-refractivity contribution in [3.8, 4) is 0 Å². The molecule has 1 aliphatic rings. The van der Waals surface area contributed by atoms with Crippen LogP contribution in [0.15, 0.2) is 5.38 Å². The average molecular weight is 295 g/mol. The Balaban J connectivity index is 1.82. The van der Waals surface area contributed by atoms with Crippen molar-refractivity contribution < 1.29 is 0 Å². The molecule has 3 nitrogen and oxygen atoms in total. The molecule has 1 heterocycles. The van der Waals surface area contributed by atoms with E-state index >= 15 is 0 Å². The van der Waals surface area contributed by atoms with Gasteiger partial charge in [-0.2, -0.15) is 0 Å². The van der Waals surface area contributed by atoms with E-state index < -0.39 is 0 Å². The van der Waals surface area contributed by atoms with Crippen molar-refractivity contribution >= 4 is 11.3 Å². The minimum Gasteiger partial charge on any atom is -0.311 e. The number of aromatic nitrogens is 1. The molecule has 0 amide bonds. The first-order valence-electron chi connectivity index (χ1n) is 7.84. The monoisotopic (exact) mass is 295 g/mol. The van der Waals surface area contributed by atoms with Gasteiger partial charge in [0.15, 0.2) is 0 Å². The van der Waals surface area contributed by atoms with Crippen molar-refractivity contribution in [1.29, 1.82) is 0 Å². The van der Waals surface area contributed by atoms with Gasteiger partial charge in [-0.05, 0) is 44.7 Å². The van der Waals surface area contributed by atoms with Gasteiger partial charge < -0.3 is 5.32 Å². The van der Waals surface area contributed by atoms with Crippen molar-refractivity contribution in [3.05, 3.63) is 16.1 Å². The van der Waals surface area contributed by atoms with Crippen LogP contribution in [0.4, 0.5) is 0 Å². The van der Waals surface area contributed by atoms with E-state index in [1.165, 1.54) is 36.4 Å². The molecule has 114 valence electrons. The molecule has 1 aliphatic carbocycles. The number of nitrogens with zero attached hydrogens (tertiary/aromatic N) is 2. The Labute approximate surface area is 127 Å². The molecule has 0 saturated heterocycles. The van der Waals surface area contributed by atoms with E-state index in [4.69, 9.17) is 4.98 Å². The van der Waals surface area contributed by atoms with Crippen molar-refractivity contribution in [3.63, 3.8) is 0 Å². The van der Waals surface area contributed by atoms with Gasteiger partial charge in [0.05, 0.1) is 5.69 Å². The highest BCUT2D eigenvalue weighted by Crippen LogP contribution is 2.36. The van der Waals surface area contributed by atoms with E-state index in [1.54, 1.807) is 11.3 Å². The third-order valence-corrected chi connectivity index (χ3v) is 5.37. The highest BCUT2D eigenvalue weighted by atomic mass is 32.1. The van der Waals surface area contributed by atoms with Gasteiger partial charge in [-0.25, -0.2) is 4.98 Å². The summed E-state index contributed by atoms with van der Waals surface area (Å²) in [5.74, 6) is 0. The van der Waals surface area contributed by atoms with E-state index in [2.05, 4.69) is 43.4 Å². The lowest BCUT2D eigenvalue weighted by Crippen LogP contribution is -2.36. The first-order chi connectivity index (χ1) is 9.50. The Morgan fingerprint density at radius 2 is 2.10 bits per heavy atom. The van der Waals surface area contributed by atoms with Crippen LogP contribution in [0.1, 0.15) is 57.2 Å². The Kier molecular flexibility index (Phi) is 5.58. The fourth-order valence-corrected chi connectivity index (χ4v) is 3.70. The molecular formula is C16H29N3S. The molecule has 20 heavy (non-hydrogen) atoms. The molecule has 0 radical (unpaired) electrons. The molecule has 0 unspecified atom stereocenters. The predicted molar refractivity (Wildman–Crippen MR) is 87.0 cm³/mol.